The zero-order chi connectivity index (χ0) is 24.1. The van der Waals surface area contributed by atoms with Crippen molar-refractivity contribution in [2.24, 2.45) is 0 Å². The summed E-state index contributed by atoms with van der Waals surface area (Å²) in [5, 5.41) is 7.86. The highest BCUT2D eigenvalue weighted by molar-refractivity contribution is 6.31. The Hall–Kier alpha value is -3.06. The lowest BCUT2D eigenvalue weighted by molar-refractivity contribution is -0.122. The summed E-state index contributed by atoms with van der Waals surface area (Å²) in [4.78, 5) is 33.2. The lowest BCUT2D eigenvalue weighted by Crippen LogP contribution is -2.57. The number of rotatable bonds is 8. The number of pyridine rings is 1. The number of benzene rings is 1. The third kappa shape index (κ3) is 5.89. The summed E-state index contributed by atoms with van der Waals surface area (Å²) in [6.45, 7) is 4.22. The number of fused-ring (bicyclic) bond motifs is 1. The van der Waals surface area contributed by atoms with E-state index >= 15 is 0 Å². The Morgan fingerprint density at radius 1 is 1.18 bits per heavy atom. The average Bonchev–Trinajstić information content (AvgIpc) is 3.19. The predicted octanol–water partition coefficient (Wildman–Crippen LogP) is 4.80. The van der Waals surface area contributed by atoms with Gasteiger partial charge in [-0.2, -0.15) is 0 Å². The quantitative estimate of drug-likeness (QED) is 0.430. The van der Waals surface area contributed by atoms with Gasteiger partial charge in [-0.05, 0) is 56.5 Å². The number of carbonyl (C=O) groups excluding carboxylic acids is 2. The van der Waals surface area contributed by atoms with Crippen LogP contribution < -0.4 is 15.4 Å². The van der Waals surface area contributed by atoms with Gasteiger partial charge in [-0.15, -0.1) is 0 Å². The average molecular weight is 483 g/mol. The maximum absolute atomic E-state index is 13.1. The van der Waals surface area contributed by atoms with Crippen LogP contribution in [0.4, 0.5) is 0 Å². The van der Waals surface area contributed by atoms with Crippen molar-refractivity contribution < 1.29 is 14.3 Å². The van der Waals surface area contributed by atoms with E-state index in [0.717, 1.165) is 48.6 Å². The largest absolute Gasteiger partial charge is 0.489 e. The molecular formula is C26H31ClN4O3. The number of amides is 2. The SMILES string of the molecule is CC(C)Oc1cncc(C(=O)NCC2(NC(=O)Cc3c[nH]c4ccc(Cl)cc34)CCCCC2)c1. The Bertz CT molecular complexity index is 1170. The molecule has 8 heteroatoms. The molecule has 4 rings (SSSR count). The topological polar surface area (TPSA) is 96.1 Å². The Morgan fingerprint density at radius 3 is 2.74 bits per heavy atom. The van der Waals surface area contributed by atoms with Crippen LogP contribution in [0.2, 0.25) is 5.02 Å². The molecule has 3 N–H and O–H groups in total. The molecule has 1 aliphatic carbocycles. The molecule has 0 spiro atoms. The van der Waals surface area contributed by atoms with Gasteiger partial charge in [0.1, 0.15) is 5.75 Å². The number of carbonyl (C=O) groups is 2. The van der Waals surface area contributed by atoms with Crippen LogP contribution in [-0.4, -0.2) is 40.0 Å². The fraction of sp³-hybridized carbons (Fsp3) is 0.423. The summed E-state index contributed by atoms with van der Waals surface area (Å²) >= 11 is 6.15. The van der Waals surface area contributed by atoms with Gasteiger partial charge in [-0.1, -0.05) is 30.9 Å². The van der Waals surface area contributed by atoms with Gasteiger partial charge in [-0.3, -0.25) is 14.6 Å². The van der Waals surface area contributed by atoms with Gasteiger partial charge in [0.15, 0.2) is 0 Å². The predicted molar refractivity (Wildman–Crippen MR) is 133 cm³/mol. The van der Waals surface area contributed by atoms with E-state index in [0.29, 0.717) is 22.9 Å². The maximum Gasteiger partial charge on any atom is 0.253 e. The lowest BCUT2D eigenvalue weighted by Gasteiger charge is -2.38. The van der Waals surface area contributed by atoms with E-state index in [1.54, 1.807) is 12.3 Å². The number of aromatic amines is 1. The number of H-pyrrole nitrogens is 1. The Labute approximate surface area is 204 Å². The fourth-order valence-corrected chi connectivity index (χ4v) is 4.79. The number of nitrogens with zero attached hydrogens (tertiary/aromatic N) is 1. The molecule has 0 radical (unpaired) electrons. The number of halogens is 1. The van der Waals surface area contributed by atoms with Crippen molar-refractivity contribution in [3.05, 3.63) is 59.0 Å². The fourth-order valence-electron chi connectivity index (χ4n) is 4.62. The highest BCUT2D eigenvalue weighted by Gasteiger charge is 2.34. The summed E-state index contributed by atoms with van der Waals surface area (Å²) in [6.07, 6.45) is 10.0. The molecule has 0 unspecified atom stereocenters. The molecule has 180 valence electrons. The second-order valence-corrected chi connectivity index (χ2v) is 9.76. The molecule has 34 heavy (non-hydrogen) atoms. The minimum Gasteiger partial charge on any atom is -0.489 e. The Balaban J connectivity index is 1.43. The zero-order valence-corrected chi connectivity index (χ0v) is 20.4. The van der Waals surface area contributed by atoms with Crippen LogP contribution in [0.5, 0.6) is 5.75 Å². The molecule has 1 aromatic carbocycles. The Kier molecular flexibility index (Phi) is 7.41. The number of ether oxygens (including phenoxy) is 1. The van der Waals surface area contributed by atoms with Crippen LogP contribution in [0.25, 0.3) is 10.9 Å². The van der Waals surface area contributed by atoms with Crippen LogP contribution >= 0.6 is 11.6 Å². The zero-order valence-electron chi connectivity index (χ0n) is 19.6. The lowest BCUT2D eigenvalue weighted by atomic mass is 9.81. The van der Waals surface area contributed by atoms with Crippen molar-refractivity contribution >= 4 is 34.3 Å². The molecule has 2 aromatic heterocycles. The maximum atomic E-state index is 13.1. The molecule has 0 bridgehead atoms. The molecule has 1 aliphatic rings. The highest BCUT2D eigenvalue weighted by Crippen LogP contribution is 2.29. The van der Waals surface area contributed by atoms with Crippen LogP contribution in [0, 0.1) is 0 Å². The van der Waals surface area contributed by atoms with Crippen LogP contribution in [0.15, 0.2) is 42.9 Å². The summed E-state index contributed by atoms with van der Waals surface area (Å²) in [6, 6.07) is 7.30. The number of hydrogen-bond acceptors (Lipinski definition) is 4. The number of aromatic nitrogens is 2. The molecular weight excluding hydrogens is 452 g/mol. The third-order valence-corrected chi connectivity index (χ3v) is 6.47. The van der Waals surface area contributed by atoms with Crippen molar-refractivity contribution in [3.63, 3.8) is 0 Å². The van der Waals surface area contributed by atoms with Gasteiger partial charge in [-0.25, -0.2) is 0 Å². The van der Waals surface area contributed by atoms with Crippen molar-refractivity contribution in [3.8, 4) is 5.75 Å². The van der Waals surface area contributed by atoms with Crippen molar-refractivity contribution in [2.75, 3.05) is 6.54 Å². The van der Waals surface area contributed by atoms with E-state index in [1.165, 1.54) is 6.20 Å². The first-order valence-corrected chi connectivity index (χ1v) is 12.2. The van der Waals surface area contributed by atoms with Gasteiger partial charge in [0, 0.05) is 34.9 Å². The molecule has 1 saturated carbocycles. The van der Waals surface area contributed by atoms with Gasteiger partial charge in [0.05, 0.1) is 29.8 Å². The number of nitrogens with one attached hydrogen (secondary N) is 3. The van der Waals surface area contributed by atoms with Gasteiger partial charge >= 0.3 is 0 Å². The summed E-state index contributed by atoms with van der Waals surface area (Å²) in [5.41, 5.74) is 1.82. The van der Waals surface area contributed by atoms with Gasteiger partial charge < -0.3 is 20.4 Å². The first kappa shape index (κ1) is 24.1. The second kappa shape index (κ2) is 10.5. The van der Waals surface area contributed by atoms with E-state index in [1.807, 2.05) is 38.2 Å². The van der Waals surface area contributed by atoms with Crippen LogP contribution in [-0.2, 0) is 11.2 Å². The normalized spacial score (nSPS) is 15.3. The van der Waals surface area contributed by atoms with Gasteiger partial charge in [0.25, 0.3) is 5.91 Å². The first-order valence-electron chi connectivity index (χ1n) is 11.8. The molecule has 7 nitrogen and oxygen atoms in total. The molecule has 0 aliphatic heterocycles. The smallest absolute Gasteiger partial charge is 0.253 e. The van der Waals surface area contributed by atoms with Crippen LogP contribution in [0.3, 0.4) is 0 Å². The standard InChI is InChI=1S/C26H31ClN4O3/c1-17(2)34-21-10-19(13-28-15-21)25(33)30-16-26(8-4-3-5-9-26)31-24(32)11-18-14-29-23-7-6-20(27)12-22(18)23/h6-7,10,12-15,17,29H,3-5,8-9,11,16H2,1-2H3,(H,30,33)(H,31,32). The summed E-state index contributed by atoms with van der Waals surface area (Å²) in [7, 11) is 0. The van der Waals surface area contributed by atoms with Crippen molar-refractivity contribution in [2.45, 2.75) is 64.0 Å². The van der Waals surface area contributed by atoms with E-state index in [9.17, 15) is 9.59 Å². The Morgan fingerprint density at radius 2 is 1.97 bits per heavy atom. The molecule has 2 heterocycles. The number of hydrogen-bond donors (Lipinski definition) is 3. The van der Waals surface area contributed by atoms with Gasteiger partial charge in [0.2, 0.25) is 5.91 Å². The second-order valence-electron chi connectivity index (χ2n) is 9.33. The summed E-state index contributed by atoms with van der Waals surface area (Å²) < 4.78 is 5.65. The molecule has 0 atom stereocenters. The minimum atomic E-state index is -0.464. The van der Waals surface area contributed by atoms with Crippen molar-refractivity contribution in [1.82, 2.24) is 20.6 Å². The molecule has 1 fully saturated rings. The van der Waals surface area contributed by atoms with E-state index in [2.05, 4.69) is 20.6 Å². The molecule has 0 saturated heterocycles. The monoisotopic (exact) mass is 482 g/mol. The van der Waals surface area contributed by atoms with Crippen LogP contribution in [0.1, 0.15) is 61.9 Å². The third-order valence-electron chi connectivity index (χ3n) is 6.23. The first-order chi connectivity index (χ1) is 16.3. The van der Waals surface area contributed by atoms with E-state index in [-0.39, 0.29) is 24.3 Å². The minimum absolute atomic E-state index is 0.00555. The molecule has 2 amide bonds. The molecule has 3 aromatic rings. The summed E-state index contributed by atoms with van der Waals surface area (Å²) in [5.74, 6) is 0.264. The highest BCUT2D eigenvalue weighted by atomic mass is 35.5. The van der Waals surface area contributed by atoms with E-state index < -0.39 is 5.54 Å². The van der Waals surface area contributed by atoms with Crippen molar-refractivity contribution in [1.29, 1.82) is 0 Å². The van der Waals surface area contributed by atoms with E-state index in [4.69, 9.17) is 16.3 Å².